The Morgan fingerprint density at radius 2 is 2.21 bits per heavy atom. The van der Waals surface area contributed by atoms with Crippen molar-refractivity contribution in [2.45, 2.75) is 39.2 Å². The molecule has 1 N–H and O–H groups in total. The number of amides is 1. The summed E-state index contributed by atoms with van der Waals surface area (Å²) in [6.45, 7) is 6.66. The van der Waals surface area contributed by atoms with Gasteiger partial charge in [0.2, 0.25) is 5.76 Å². The van der Waals surface area contributed by atoms with Gasteiger partial charge in [-0.25, -0.2) is 0 Å². The number of carbonyl (C=O) groups is 1. The van der Waals surface area contributed by atoms with Gasteiger partial charge in [0.25, 0.3) is 5.91 Å². The van der Waals surface area contributed by atoms with E-state index in [1.807, 2.05) is 11.8 Å². The van der Waals surface area contributed by atoms with Gasteiger partial charge in [0.05, 0.1) is 5.69 Å². The van der Waals surface area contributed by atoms with Crippen LogP contribution >= 0.6 is 12.4 Å². The van der Waals surface area contributed by atoms with E-state index in [0.29, 0.717) is 11.8 Å². The van der Waals surface area contributed by atoms with E-state index in [1.165, 1.54) is 0 Å². The Morgan fingerprint density at radius 3 is 2.74 bits per heavy atom. The average Bonchev–Trinajstić information content (AvgIpc) is 2.83. The summed E-state index contributed by atoms with van der Waals surface area (Å²) in [7, 11) is 0. The van der Waals surface area contributed by atoms with E-state index in [9.17, 15) is 4.79 Å². The first-order chi connectivity index (χ1) is 8.72. The van der Waals surface area contributed by atoms with Gasteiger partial charge in [-0.2, -0.15) is 0 Å². The van der Waals surface area contributed by atoms with Crippen molar-refractivity contribution in [3.63, 3.8) is 0 Å². The Kier molecular flexibility index (Phi) is 6.31. The molecule has 5 nitrogen and oxygen atoms in total. The fraction of sp³-hybridized carbons (Fsp3) is 0.692. The van der Waals surface area contributed by atoms with Gasteiger partial charge < -0.3 is 14.7 Å². The van der Waals surface area contributed by atoms with Crippen molar-refractivity contribution in [2.75, 3.05) is 19.6 Å². The molecule has 1 aliphatic rings. The zero-order valence-electron chi connectivity index (χ0n) is 11.5. The molecule has 0 saturated carbocycles. The minimum atomic E-state index is -0.0237. The van der Waals surface area contributed by atoms with Gasteiger partial charge in [0.1, 0.15) is 0 Å². The Hall–Kier alpha value is -1.07. The number of rotatable bonds is 4. The van der Waals surface area contributed by atoms with Crippen LogP contribution in [0.2, 0.25) is 0 Å². The second-order valence-corrected chi connectivity index (χ2v) is 4.81. The first kappa shape index (κ1) is 16.0. The van der Waals surface area contributed by atoms with Crippen molar-refractivity contribution in [3.05, 3.63) is 17.5 Å². The SMILES string of the molecule is CCCN(C(=O)c1cc(C)no1)C1CCNCC1.Cl. The van der Waals surface area contributed by atoms with Crippen LogP contribution in [0.5, 0.6) is 0 Å². The molecule has 0 atom stereocenters. The number of piperidine rings is 1. The van der Waals surface area contributed by atoms with Gasteiger partial charge in [-0.3, -0.25) is 4.79 Å². The zero-order valence-corrected chi connectivity index (χ0v) is 12.3. The molecular weight excluding hydrogens is 266 g/mol. The van der Waals surface area contributed by atoms with E-state index < -0.39 is 0 Å². The largest absolute Gasteiger partial charge is 0.351 e. The van der Waals surface area contributed by atoms with Crippen LogP contribution in [0.15, 0.2) is 10.6 Å². The standard InChI is InChI=1S/C13H21N3O2.ClH/c1-3-8-16(11-4-6-14-7-5-11)13(17)12-9-10(2)15-18-12;/h9,11,14H,3-8H2,1-2H3;1H. The van der Waals surface area contributed by atoms with Gasteiger partial charge >= 0.3 is 0 Å². The van der Waals surface area contributed by atoms with Crippen LogP contribution in [-0.4, -0.2) is 41.6 Å². The summed E-state index contributed by atoms with van der Waals surface area (Å²) in [5.74, 6) is 0.337. The highest BCUT2D eigenvalue weighted by molar-refractivity contribution is 5.91. The lowest BCUT2D eigenvalue weighted by Gasteiger charge is -2.33. The summed E-state index contributed by atoms with van der Waals surface area (Å²) in [6.07, 6.45) is 2.99. The molecule has 0 bridgehead atoms. The molecular formula is C13H22ClN3O2. The molecule has 0 aliphatic carbocycles. The lowest BCUT2D eigenvalue weighted by atomic mass is 10.0. The lowest BCUT2D eigenvalue weighted by molar-refractivity contribution is 0.0600. The van der Waals surface area contributed by atoms with Crippen LogP contribution in [-0.2, 0) is 0 Å². The van der Waals surface area contributed by atoms with Gasteiger partial charge in [-0.05, 0) is 39.3 Å². The first-order valence-electron chi connectivity index (χ1n) is 6.67. The maximum absolute atomic E-state index is 12.4. The molecule has 1 aromatic rings. The topological polar surface area (TPSA) is 58.4 Å². The van der Waals surface area contributed by atoms with E-state index in [0.717, 1.165) is 44.6 Å². The van der Waals surface area contributed by atoms with Crippen molar-refractivity contribution < 1.29 is 9.32 Å². The molecule has 19 heavy (non-hydrogen) atoms. The van der Waals surface area contributed by atoms with E-state index in [2.05, 4.69) is 17.4 Å². The summed E-state index contributed by atoms with van der Waals surface area (Å²) in [4.78, 5) is 14.4. The van der Waals surface area contributed by atoms with Gasteiger partial charge in [-0.1, -0.05) is 12.1 Å². The number of aromatic nitrogens is 1. The number of aryl methyl sites for hydroxylation is 1. The van der Waals surface area contributed by atoms with Gasteiger partial charge in [0.15, 0.2) is 0 Å². The van der Waals surface area contributed by atoms with Crippen molar-refractivity contribution in [1.29, 1.82) is 0 Å². The number of nitrogens with zero attached hydrogens (tertiary/aromatic N) is 2. The highest BCUT2D eigenvalue weighted by Gasteiger charge is 2.27. The number of nitrogens with one attached hydrogen (secondary N) is 1. The van der Waals surface area contributed by atoms with E-state index in [4.69, 9.17) is 4.52 Å². The van der Waals surface area contributed by atoms with Crippen LogP contribution in [0.1, 0.15) is 42.4 Å². The Labute approximate surface area is 120 Å². The molecule has 1 amide bonds. The second-order valence-electron chi connectivity index (χ2n) is 4.81. The van der Waals surface area contributed by atoms with Crippen molar-refractivity contribution in [2.24, 2.45) is 0 Å². The maximum Gasteiger partial charge on any atom is 0.292 e. The minimum Gasteiger partial charge on any atom is -0.351 e. The summed E-state index contributed by atoms with van der Waals surface area (Å²) in [6, 6.07) is 2.04. The molecule has 0 aromatic carbocycles. The van der Waals surface area contributed by atoms with Gasteiger partial charge in [0, 0.05) is 18.7 Å². The smallest absolute Gasteiger partial charge is 0.292 e. The Morgan fingerprint density at radius 1 is 1.53 bits per heavy atom. The molecule has 1 fully saturated rings. The molecule has 108 valence electrons. The van der Waals surface area contributed by atoms with E-state index in [-0.39, 0.29) is 18.3 Å². The quantitative estimate of drug-likeness (QED) is 0.920. The lowest BCUT2D eigenvalue weighted by Crippen LogP contribution is -2.46. The third kappa shape index (κ3) is 3.94. The van der Waals surface area contributed by atoms with E-state index in [1.54, 1.807) is 6.07 Å². The first-order valence-corrected chi connectivity index (χ1v) is 6.67. The van der Waals surface area contributed by atoms with Crippen molar-refractivity contribution in [3.8, 4) is 0 Å². The number of carbonyl (C=O) groups excluding carboxylic acids is 1. The predicted octanol–water partition coefficient (Wildman–Crippen LogP) is 2.01. The second kappa shape index (κ2) is 7.50. The average molecular weight is 288 g/mol. The third-order valence-corrected chi connectivity index (χ3v) is 3.31. The molecule has 0 radical (unpaired) electrons. The number of hydrogen-bond donors (Lipinski definition) is 1. The van der Waals surface area contributed by atoms with Crippen LogP contribution in [0.4, 0.5) is 0 Å². The van der Waals surface area contributed by atoms with Crippen LogP contribution in [0, 0.1) is 6.92 Å². The highest BCUT2D eigenvalue weighted by atomic mass is 35.5. The molecule has 1 saturated heterocycles. The summed E-state index contributed by atoms with van der Waals surface area (Å²) in [5.41, 5.74) is 0.750. The van der Waals surface area contributed by atoms with Crippen LogP contribution < -0.4 is 5.32 Å². The minimum absolute atomic E-state index is 0. The molecule has 1 aliphatic heterocycles. The fourth-order valence-corrected chi connectivity index (χ4v) is 2.42. The fourth-order valence-electron chi connectivity index (χ4n) is 2.42. The number of halogens is 1. The molecule has 2 rings (SSSR count). The van der Waals surface area contributed by atoms with Gasteiger partial charge in [-0.15, -0.1) is 12.4 Å². The molecule has 2 heterocycles. The Balaban J connectivity index is 0.00000180. The molecule has 0 unspecified atom stereocenters. The normalized spacial score (nSPS) is 15.9. The summed E-state index contributed by atoms with van der Waals surface area (Å²) in [5, 5.41) is 7.11. The summed E-state index contributed by atoms with van der Waals surface area (Å²) >= 11 is 0. The Bertz CT molecular complexity index is 402. The summed E-state index contributed by atoms with van der Waals surface area (Å²) < 4.78 is 5.09. The molecule has 1 aromatic heterocycles. The zero-order chi connectivity index (χ0) is 13.0. The van der Waals surface area contributed by atoms with Crippen LogP contribution in [0.25, 0.3) is 0 Å². The molecule has 0 spiro atoms. The van der Waals surface area contributed by atoms with Crippen LogP contribution in [0.3, 0.4) is 0 Å². The molecule has 6 heteroatoms. The maximum atomic E-state index is 12.4. The number of hydrogen-bond acceptors (Lipinski definition) is 4. The predicted molar refractivity (Wildman–Crippen MR) is 75.7 cm³/mol. The van der Waals surface area contributed by atoms with Crippen molar-refractivity contribution >= 4 is 18.3 Å². The van der Waals surface area contributed by atoms with Crippen molar-refractivity contribution in [1.82, 2.24) is 15.4 Å². The third-order valence-electron chi connectivity index (χ3n) is 3.31. The van der Waals surface area contributed by atoms with E-state index >= 15 is 0 Å². The monoisotopic (exact) mass is 287 g/mol. The highest BCUT2D eigenvalue weighted by Crippen LogP contribution is 2.16.